The summed E-state index contributed by atoms with van der Waals surface area (Å²) in [4.78, 5) is 25.4. The molecule has 3 rings (SSSR count). The predicted octanol–water partition coefficient (Wildman–Crippen LogP) is 3.96. The molecule has 30 heavy (non-hydrogen) atoms. The highest BCUT2D eigenvalue weighted by Crippen LogP contribution is 2.40. The highest BCUT2D eigenvalue weighted by molar-refractivity contribution is 5.99. The Morgan fingerprint density at radius 3 is 2.10 bits per heavy atom. The van der Waals surface area contributed by atoms with Gasteiger partial charge in [-0.15, -0.1) is 0 Å². The molecule has 0 saturated carbocycles. The van der Waals surface area contributed by atoms with E-state index < -0.39 is 53.5 Å². The number of nitrogens with zero attached hydrogens (tertiary/aromatic N) is 1. The van der Waals surface area contributed by atoms with Crippen molar-refractivity contribution in [1.82, 2.24) is 4.90 Å². The number of fused-ring (bicyclic) bond motifs is 1. The number of ether oxygens (including phenoxy) is 2. The van der Waals surface area contributed by atoms with Crippen molar-refractivity contribution >= 4 is 11.9 Å². The van der Waals surface area contributed by atoms with Crippen LogP contribution in [0.4, 0.5) is 26.3 Å². The summed E-state index contributed by atoms with van der Waals surface area (Å²) in [5.41, 5.74) is -3.08. The Labute approximate surface area is 167 Å². The lowest BCUT2D eigenvalue weighted by atomic mass is 10.0. The Morgan fingerprint density at radius 1 is 1.07 bits per heavy atom. The van der Waals surface area contributed by atoms with E-state index in [1.807, 2.05) is 0 Å². The first kappa shape index (κ1) is 22.4. The summed E-state index contributed by atoms with van der Waals surface area (Å²) in [5, 5.41) is 0. The number of benzene rings is 1. The van der Waals surface area contributed by atoms with Gasteiger partial charge < -0.3 is 14.4 Å². The standard InChI is InChI=1S/C19H19F6NO4/c1-9(10-3-11(18(20,21)22)5-12(4-10)19(23,24)25)30-14-6-13-7-15(17(28)29-2)16(27)26(13)8-14/h3-5,9,13-15H,6-8H2,1-2H3/t9-,13-,14-,15?/m1/s1. The van der Waals surface area contributed by atoms with Crippen LogP contribution in [0.3, 0.4) is 0 Å². The van der Waals surface area contributed by atoms with Crippen LogP contribution in [-0.4, -0.2) is 42.6 Å². The molecule has 4 atom stereocenters. The summed E-state index contributed by atoms with van der Waals surface area (Å²) in [7, 11) is 1.18. The van der Waals surface area contributed by atoms with Crippen LogP contribution in [0, 0.1) is 5.92 Å². The lowest BCUT2D eigenvalue weighted by Gasteiger charge is -2.22. The SMILES string of the molecule is COC(=O)C1C[C@H]2C[C@@H](O[C@H](C)c3cc(C(F)(F)F)cc(C(F)(F)F)c3)CN2C1=O. The van der Waals surface area contributed by atoms with Crippen molar-refractivity contribution in [3.8, 4) is 0 Å². The molecule has 166 valence electrons. The Hall–Kier alpha value is -2.30. The third-order valence-electron chi connectivity index (χ3n) is 5.43. The molecule has 1 amide bonds. The van der Waals surface area contributed by atoms with E-state index in [1.165, 1.54) is 18.9 Å². The van der Waals surface area contributed by atoms with E-state index >= 15 is 0 Å². The molecule has 11 heteroatoms. The Kier molecular flexibility index (Phi) is 5.78. The second kappa shape index (κ2) is 7.75. The second-order valence-electron chi connectivity index (χ2n) is 7.43. The maximum Gasteiger partial charge on any atom is 0.416 e. The van der Waals surface area contributed by atoms with Gasteiger partial charge >= 0.3 is 18.3 Å². The summed E-state index contributed by atoms with van der Waals surface area (Å²) in [6.07, 6.45) is -11.0. The minimum atomic E-state index is -4.94. The monoisotopic (exact) mass is 439 g/mol. The minimum Gasteiger partial charge on any atom is -0.468 e. The van der Waals surface area contributed by atoms with Crippen LogP contribution in [0.2, 0.25) is 0 Å². The van der Waals surface area contributed by atoms with Crippen molar-refractivity contribution < 1.29 is 45.4 Å². The third kappa shape index (κ3) is 4.40. The van der Waals surface area contributed by atoms with Crippen LogP contribution < -0.4 is 0 Å². The molecule has 2 aliphatic rings. The molecular weight excluding hydrogens is 420 g/mol. The topological polar surface area (TPSA) is 55.8 Å². The number of rotatable bonds is 4. The van der Waals surface area contributed by atoms with Gasteiger partial charge in [0.2, 0.25) is 5.91 Å². The van der Waals surface area contributed by atoms with Gasteiger partial charge in [0.25, 0.3) is 0 Å². The van der Waals surface area contributed by atoms with Crippen LogP contribution in [0.25, 0.3) is 0 Å². The van der Waals surface area contributed by atoms with Crippen LogP contribution in [0.1, 0.15) is 42.6 Å². The van der Waals surface area contributed by atoms with Crippen LogP contribution >= 0.6 is 0 Å². The normalized spacial score (nSPS) is 25.4. The third-order valence-corrected chi connectivity index (χ3v) is 5.43. The van der Waals surface area contributed by atoms with Crippen molar-refractivity contribution in [2.24, 2.45) is 5.92 Å². The summed E-state index contributed by atoms with van der Waals surface area (Å²) < 4.78 is 88.6. The Morgan fingerprint density at radius 2 is 1.63 bits per heavy atom. The zero-order chi connectivity index (χ0) is 22.4. The first-order chi connectivity index (χ1) is 13.8. The van der Waals surface area contributed by atoms with Crippen molar-refractivity contribution in [3.63, 3.8) is 0 Å². The molecule has 2 heterocycles. The molecule has 0 bridgehead atoms. The number of halogens is 6. The van der Waals surface area contributed by atoms with Gasteiger partial charge in [-0.25, -0.2) is 0 Å². The molecule has 2 fully saturated rings. The van der Waals surface area contributed by atoms with E-state index in [0.29, 0.717) is 18.6 Å². The minimum absolute atomic E-state index is 0.0630. The highest BCUT2D eigenvalue weighted by Gasteiger charge is 2.49. The molecule has 0 aliphatic carbocycles. The number of carbonyl (C=O) groups excluding carboxylic acids is 2. The molecule has 0 spiro atoms. The van der Waals surface area contributed by atoms with Gasteiger partial charge in [-0.3, -0.25) is 9.59 Å². The van der Waals surface area contributed by atoms with Crippen LogP contribution in [-0.2, 0) is 31.4 Å². The summed E-state index contributed by atoms with van der Waals surface area (Å²) in [6.45, 7) is 1.46. The van der Waals surface area contributed by atoms with Gasteiger partial charge in [-0.05, 0) is 43.5 Å². The largest absolute Gasteiger partial charge is 0.468 e. The molecule has 0 radical (unpaired) electrons. The van der Waals surface area contributed by atoms with Crippen molar-refractivity contribution in [3.05, 3.63) is 34.9 Å². The number of amides is 1. The zero-order valence-corrected chi connectivity index (χ0v) is 16.0. The van der Waals surface area contributed by atoms with Crippen molar-refractivity contribution in [2.75, 3.05) is 13.7 Å². The molecule has 2 saturated heterocycles. The molecule has 1 unspecified atom stereocenters. The second-order valence-corrected chi connectivity index (χ2v) is 7.43. The molecule has 1 aromatic carbocycles. The van der Waals surface area contributed by atoms with E-state index in [1.54, 1.807) is 0 Å². The summed E-state index contributed by atoms with van der Waals surface area (Å²) >= 11 is 0. The van der Waals surface area contributed by atoms with Crippen molar-refractivity contribution in [2.45, 2.75) is 50.4 Å². The molecule has 0 aromatic heterocycles. The van der Waals surface area contributed by atoms with Crippen molar-refractivity contribution in [1.29, 1.82) is 0 Å². The van der Waals surface area contributed by atoms with E-state index in [2.05, 4.69) is 4.74 Å². The fourth-order valence-corrected chi connectivity index (χ4v) is 3.96. The predicted molar refractivity (Wildman–Crippen MR) is 90.0 cm³/mol. The van der Waals surface area contributed by atoms with Crippen LogP contribution in [0.15, 0.2) is 18.2 Å². The molecule has 0 N–H and O–H groups in total. The lowest BCUT2D eigenvalue weighted by molar-refractivity contribution is -0.151. The smallest absolute Gasteiger partial charge is 0.416 e. The molecule has 2 aliphatic heterocycles. The number of hydrogen-bond donors (Lipinski definition) is 0. The fourth-order valence-electron chi connectivity index (χ4n) is 3.96. The van der Waals surface area contributed by atoms with E-state index in [9.17, 15) is 35.9 Å². The number of alkyl halides is 6. The molecule has 1 aromatic rings. The first-order valence-electron chi connectivity index (χ1n) is 9.14. The van der Waals surface area contributed by atoms with E-state index in [4.69, 9.17) is 4.74 Å². The van der Waals surface area contributed by atoms with E-state index in [0.717, 1.165) is 0 Å². The Balaban J connectivity index is 1.74. The van der Waals surface area contributed by atoms with E-state index in [-0.39, 0.29) is 30.6 Å². The summed E-state index contributed by atoms with van der Waals surface area (Å²) in [5.74, 6) is -1.94. The maximum absolute atomic E-state index is 13.0. The van der Waals surface area contributed by atoms with Gasteiger partial charge in [0.1, 0.15) is 5.92 Å². The maximum atomic E-state index is 13.0. The van der Waals surface area contributed by atoms with Gasteiger partial charge in [-0.2, -0.15) is 26.3 Å². The molecular formula is C19H19F6NO4. The Bertz CT molecular complexity index is 805. The first-order valence-corrected chi connectivity index (χ1v) is 9.14. The average molecular weight is 439 g/mol. The quantitative estimate of drug-likeness (QED) is 0.405. The average Bonchev–Trinajstić information content (AvgIpc) is 3.18. The highest BCUT2D eigenvalue weighted by atomic mass is 19.4. The van der Waals surface area contributed by atoms with Crippen LogP contribution in [0.5, 0.6) is 0 Å². The van der Waals surface area contributed by atoms with Gasteiger partial charge in [-0.1, -0.05) is 0 Å². The zero-order valence-electron chi connectivity index (χ0n) is 16.0. The van der Waals surface area contributed by atoms with Gasteiger partial charge in [0.15, 0.2) is 0 Å². The fraction of sp³-hybridized carbons (Fsp3) is 0.579. The number of carbonyl (C=O) groups is 2. The summed E-state index contributed by atoms with van der Waals surface area (Å²) in [6, 6.07) is 1.04. The number of methoxy groups -OCH3 is 1. The molecule has 5 nitrogen and oxygen atoms in total. The number of esters is 1. The lowest BCUT2D eigenvalue weighted by Crippen LogP contribution is -2.33. The number of hydrogen-bond acceptors (Lipinski definition) is 4. The van der Waals surface area contributed by atoms with Gasteiger partial charge in [0.05, 0.1) is 30.4 Å². The van der Waals surface area contributed by atoms with Gasteiger partial charge in [0, 0.05) is 12.6 Å².